The van der Waals surface area contributed by atoms with Crippen molar-refractivity contribution in [2.75, 3.05) is 11.4 Å². The van der Waals surface area contributed by atoms with Gasteiger partial charge in [0.1, 0.15) is 5.82 Å². The quantitative estimate of drug-likeness (QED) is 0.717. The maximum atomic E-state index is 13.9. The fourth-order valence-corrected chi connectivity index (χ4v) is 3.25. The Labute approximate surface area is 162 Å². The maximum absolute atomic E-state index is 13.9. The molecule has 2 aromatic rings. The van der Waals surface area contributed by atoms with Gasteiger partial charge in [0.2, 0.25) is 5.60 Å². The van der Waals surface area contributed by atoms with Gasteiger partial charge in [-0.2, -0.15) is 0 Å². The Morgan fingerprint density at radius 3 is 2.69 bits per heavy atom. The van der Waals surface area contributed by atoms with Crippen molar-refractivity contribution in [3.05, 3.63) is 63.3 Å². The van der Waals surface area contributed by atoms with E-state index in [4.69, 9.17) is 11.6 Å². The van der Waals surface area contributed by atoms with Crippen molar-refractivity contribution < 1.29 is 19.1 Å². The Balaban J connectivity index is 1.71. The number of nitrogens with one attached hydrogen (secondary N) is 1. The Kier molecular flexibility index (Phi) is 5.32. The minimum Gasteiger partial charge on any atom is -0.372 e. The van der Waals surface area contributed by atoms with Crippen LogP contribution in [0.4, 0.5) is 10.1 Å². The lowest BCUT2D eigenvalue weighted by Crippen LogP contribution is -2.52. The molecule has 136 valence electrons. The molecule has 0 bridgehead atoms. The van der Waals surface area contributed by atoms with E-state index in [9.17, 15) is 19.1 Å². The third-order valence-corrected chi connectivity index (χ3v) is 5.10. The molecule has 2 N–H and O–H groups in total. The lowest BCUT2D eigenvalue weighted by molar-refractivity contribution is -0.149. The third kappa shape index (κ3) is 3.47. The molecule has 1 fully saturated rings. The van der Waals surface area contributed by atoms with Crippen molar-refractivity contribution in [2.24, 2.45) is 0 Å². The molecule has 5 nitrogen and oxygen atoms in total. The second-order valence-corrected chi connectivity index (χ2v) is 7.26. The first kappa shape index (κ1) is 18.8. The highest BCUT2D eigenvalue weighted by atomic mass is 79.9. The summed E-state index contributed by atoms with van der Waals surface area (Å²) in [4.78, 5) is 26.4. The molecule has 3 rings (SSSR count). The number of anilines is 1. The predicted octanol–water partition coefficient (Wildman–Crippen LogP) is 3.03. The number of amides is 2. The molecule has 2 amide bonds. The number of benzene rings is 2. The van der Waals surface area contributed by atoms with Gasteiger partial charge in [0.05, 0.1) is 5.02 Å². The summed E-state index contributed by atoms with van der Waals surface area (Å²) in [5.74, 6) is -2.21. The minimum atomic E-state index is -2.18. The van der Waals surface area contributed by atoms with Crippen molar-refractivity contribution in [2.45, 2.75) is 18.6 Å². The van der Waals surface area contributed by atoms with E-state index >= 15 is 0 Å². The smallest absolute Gasteiger partial charge is 0.268 e. The van der Waals surface area contributed by atoms with E-state index in [1.807, 2.05) is 0 Å². The van der Waals surface area contributed by atoms with Crippen LogP contribution >= 0.6 is 27.5 Å². The lowest BCUT2D eigenvalue weighted by atomic mass is 10.0. The standard InChI is InChI=1S/C18H15BrClFN2O3/c19-12-4-6-13(7-5-12)23-9-8-18(26,17(23)25)16(24)22-10-11-2-1-3-14(20)15(11)21/h1-7,26H,8-10H2,(H,22,24). The molecule has 0 aromatic heterocycles. The van der Waals surface area contributed by atoms with E-state index in [2.05, 4.69) is 21.2 Å². The van der Waals surface area contributed by atoms with Crippen LogP contribution in [0.2, 0.25) is 5.02 Å². The van der Waals surface area contributed by atoms with Gasteiger partial charge < -0.3 is 15.3 Å². The van der Waals surface area contributed by atoms with Gasteiger partial charge >= 0.3 is 0 Å². The average Bonchev–Trinajstić information content (AvgIpc) is 2.93. The minimum absolute atomic E-state index is 0.0498. The number of carbonyl (C=O) groups is 2. The van der Waals surface area contributed by atoms with Crippen LogP contribution in [0.1, 0.15) is 12.0 Å². The van der Waals surface area contributed by atoms with Gasteiger partial charge in [-0.3, -0.25) is 9.59 Å². The zero-order valence-corrected chi connectivity index (χ0v) is 15.8. The average molecular weight is 442 g/mol. The second-order valence-electron chi connectivity index (χ2n) is 5.94. The van der Waals surface area contributed by atoms with Crippen LogP contribution in [0.5, 0.6) is 0 Å². The van der Waals surface area contributed by atoms with E-state index in [1.54, 1.807) is 30.3 Å². The Bertz CT molecular complexity index is 862. The zero-order chi connectivity index (χ0) is 18.9. The molecule has 8 heteroatoms. The van der Waals surface area contributed by atoms with E-state index in [0.717, 1.165) is 4.47 Å². The first-order valence-electron chi connectivity index (χ1n) is 7.84. The molecule has 26 heavy (non-hydrogen) atoms. The summed E-state index contributed by atoms with van der Waals surface area (Å²) in [7, 11) is 0. The molecule has 1 unspecified atom stereocenters. The van der Waals surface area contributed by atoms with Crippen molar-refractivity contribution in [1.82, 2.24) is 5.32 Å². The summed E-state index contributed by atoms with van der Waals surface area (Å²) in [6.45, 7) is 0.0228. The van der Waals surface area contributed by atoms with Crippen LogP contribution in [0.3, 0.4) is 0 Å². The summed E-state index contributed by atoms with van der Waals surface area (Å²) < 4.78 is 14.7. The van der Waals surface area contributed by atoms with Gasteiger partial charge in [0, 0.05) is 35.2 Å². The first-order chi connectivity index (χ1) is 12.3. The molecule has 1 aliphatic heterocycles. The molecule has 2 aromatic carbocycles. The lowest BCUT2D eigenvalue weighted by Gasteiger charge is -2.22. The van der Waals surface area contributed by atoms with Gasteiger partial charge in [-0.25, -0.2) is 4.39 Å². The summed E-state index contributed by atoms with van der Waals surface area (Å²) in [6.07, 6.45) is -0.0498. The van der Waals surface area contributed by atoms with E-state index in [1.165, 1.54) is 17.0 Å². The van der Waals surface area contributed by atoms with Gasteiger partial charge in [0.15, 0.2) is 0 Å². The number of carbonyl (C=O) groups excluding carboxylic acids is 2. The van der Waals surface area contributed by atoms with Crippen LogP contribution in [-0.2, 0) is 16.1 Å². The molecular formula is C18H15BrClFN2O3. The third-order valence-electron chi connectivity index (χ3n) is 4.28. The van der Waals surface area contributed by atoms with E-state index in [0.29, 0.717) is 5.69 Å². The maximum Gasteiger partial charge on any atom is 0.268 e. The molecule has 0 saturated carbocycles. The van der Waals surface area contributed by atoms with E-state index in [-0.39, 0.29) is 30.1 Å². The van der Waals surface area contributed by atoms with Crippen molar-refractivity contribution in [3.63, 3.8) is 0 Å². The fraction of sp³-hybridized carbons (Fsp3) is 0.222. The topological polar surface area (TPSA) is 69.6 Å². The number of nitrogens with zero attached hydrogens (tertiary/aromatic N) is 1. The molecule has 0 aliphatic carbocycles. The SMILES string of the molecule is O=C(NCc1cccc(Cl)c1F)C1(O)CCN(c2ccc(Br)cc2)C1=O. The molecule has 1 heterocycles. The Hall–Kier alpha value is -1.96. The largest absolute Gasteiger partial charge is 0.372 e. The summed E-state index contributed by atoms with van der Waals surface area (Å²) in [6, 6.07) is 11.4. The van der Waals surface area contributed by atoms with Crippen LogP contribution in [0.15, 0.2) is 46.9 Å². The Morgan fingerprint density at radius 1 is 1.31 bits per heavy atom. The molecular weight excluding hydrogens is 427 g/mol. The second kappa shape index (κ2) is 7.34. The zero-order valence-electron chi connectivity index (χ0n) is 13.5. The van der Waals surface area contributed by atoms with Crippen molar-refractivity contribution in [3.8, 4) is 0 Å². The monoisotopic (exact) mass is 440 g/mol. The van der Waals surface area contributed by atoms with Gasteiger partial charge in [-0.05, 0) is 30.3 Å². The molecule has 1 aliphatic rings. The number of aliphatic hydroxyl groups is 1. The number of halogens is 3. The number of rotatable bonds is 4. The molecule has 1 saturated heterocycles. The molecule has 1 atom stereocenters. The number of hydrogen-bond donors (Lipinski definition) is 2. The molecule has 0 spiro atoms. The predicted molar refractivity (Wildman–Crippen MR) is 99.3 cm³/mol. The highest BCUT2D eigenvalue weighted by Gasteiger charge is 2.51. The summed E-state index contributed by atoms with van der Waals surface area (Å²) in [5, 5.41) is 12.9. The van der Waals surface area contributed by atoms with Gasteiger partial charge in [0.25, 0.3) is 11.8 Å². The number of hydrogen-bond acceptors (Lipinski definition) is 3. The van der Waals surface area contributed by atoms with Crippen molar-refractivity contribution in [1.29, 1.82) is 0 Å². The van der Waals surface area contributed by atoms with Crippen LogP contribution in [-0.4, -0.2) is 29.1 Å². The highest BCUT2D eigenvalue weighted by Crippen LogP contribution is 2.29. The summed E-state index contributed by atoms with van der Waals surface area (Å²) in [5.41, 5.74) is -1.42. The van der Waals surface area contributed by atoms with Crippen LogP contribution in [0, 0.1) is 5.82 Å². The van der Waals surface area contributed by atoms with Gasteiger partial charge in [-0.15, -0.1) is 0 Å². The Morgan fingerprint density at radius 2 is 2.00 bits per heavy atom. The summed E-state index contributed by atoms with van der Waals surface area (Å²) >= 11 is 9.02. The van der Waals surface area contributed by atoms with Crippen molar-refractivity contribution >= 4 is 45.0 Å². The highest BCUT2D eigenvalue weighted by molar-refractivity contribution is 9.10. The van der Waals surface area contributed by atoms with Crippen LogP contribution in [0.25, 0.3) is 0 Å². The molecule has 0 radical (unpaired) electrons. The first-order valence-corrected chi connectivity index (χ1v) is 9.01. The van der Waals surface area contributed by atoms with E-state index < -0.39 is 23.2 Å². The normalized spacial score (nSPS) is 19.7. The fourth-order valence-electron chi connectivity index (χ4n) is 2.79. The van der Waals surface area contributed by atoms with Gasteiger partial charge in [-0.1, -0.05) is 39.7 Å². The van der Waals surface area contributed by atoms with Crippen LogP contribution < -0.4 is 10.2 Å².